The van der Waals surface area contributed by atoms with Crippen LogP contribution < -0.4 is 11.2 Å². The van der Waals surface area contributed by atoms with Gasteiger partial charge in [-0.15, -0.1) is 0 Å². The van der Waals surface area contributed by atoms with E-state index in [0.29, 0.717) is 26.4 Å². The maximum absolute atomic E-state index is 13.6. The second-order valence-electron chi connectivity index (χ2n) is 7.51. The van der Waals surface area contributed by atoms with Crippen LogP contribution in [0.15, 0.2) is 90.5 Å². The molecule has 2 aromatic heterocycles. The summed E-state index contributed by atoms with van der Waals surface area (Å²) in [7, 11) is 0. The Balaban J connectivity index is 1.79. The molecule has 170 valence electrons. The minimum absolute atomic E-state index is 0.0524. The third kappa shape index (κ3) is 3.95. The topological polar surface area (TPSA) is 72.4 Å². The van der Waals surface area contributed by atoms with Gasteiger partial charge in [0, 0.05) is 15.3 Å². The van der Waals surface area contributed by atoms with Crippen molar-refractivity contribution in [1.82, 2.24) is 4.57 Å². The molecule has 0 saturated carbocycles. The highest BCUT2D eigenvalue weighted by Crippen LogP contribution is 2.37. The van der Waals surface area contributed by atoms with Crippen LogP contribution in [0.2, 0.25) is 5.02 Å². The Morgan fingerprint density at radius 2 is 1.74 bits per heavy atom. The van der Waals surface area contributed by atoms with E-state index in [1.54, 1.807) is 36.4 Å². The molecule has 1 N–H and O–H groups in total. The van der Waals surface area contributed by atoms with Gasteiger partial charge in [0.1, 0.15) is 21.9 Å². The number of halogens is 3. The first-order chi connectivity index (χ1) is 16.3. The van der Waals surface area contributed by atoms with Gasteiger partial charge >= 0.3 is 5.63 Å². The molecule has 0 aliphatic heterocycles. The van der Waals surface area contributed by atoms with Gasteiger partial charge in [-0.2, -0.15) is 0 Å². The van der Waals surface area contributed by atoms with Crippen molar-refractivity contribution in [3.05, 3.63) is 110 Å². The van der Waals surface area contributed by atoms with E-state index in [1.165, 1.54) is 34.9 Å². The van der Waals surface area contributed by atoms with Crippen molar-refractivity contribution in [3.8, 4) is 5.75 Å². The van der Waals surface area contributed by atoms with Crippen LogP contribution in [0.1, 0.15) is 5.56 Å². The van der Waals surface area contributed by atoms with Crippen LogP contribution in [0, 0.1) is 11.6 Å². The molecule has 0 radical (unpaired) electrons. The van der Waals surface area contributed by atoms with E-state index in [9.17, 15) is 23.5 Å². The maximum Gasteiger partial charge on any atom is 0.354 e. The third-order valence-corrected chi connectivity index (χ3v) is 6.57. The molecule has 3 aromatic carbocycles. The van der Waals surface area contributed by atoms with Crippen LogP contribution in [-0.4, -0.2) is 9.67 Å². The van der Waals surface area contributed by atoms with Crippen LogP contribution in [0.3, 0.4) is 0 Å². The van der Waals surface area contributed by atoms with Crippen molar-refractivity contribution in [3.63, 3.8) is 0 Å². The molecule has 5 aromatic rings. The molecule has 2 heterocycles. The number of aromatic nitrogens is 1. The smallest absolute Gasteiger partial charge is 0.354 e. The monoisotopic (exact) mass is 497 g/mol. The lowest BCUT2D eigenvalue weighted by Crippen LogP contribution is -2.23. The van der Waals surface area contributed by atoms with E-state index in [0.717, 1.165) is 11.8 Å². The Hall–Kier alpha value is -3.62. The maximum atomic E-state index is 13.6. The average Bonchev–Trinajstić information content (AvgIpc) is 2.80. The summed E-state index contributed by atoms with van der Waals surface area (Å²) in [6.07, 6.45) is 0. The first-order valence-electron chi connectivity index (χ1n) is 10.0. The van der Waals surface area contributed by atoms with Crippen LogP contribution >= 0.6 is 23.4 Å². The van der Waals surface area contributed by atoms with Gasteiger partial charge in [-0.3, -0.25) is 4.79 Å². The van der Waals surface area contributed by atoms with E-state index in [4.69, 9.17) is 16.0 Å². The SMILES string of the molecule is O=c1oc2c(c(O)c1Sc1cccc(F)c1)c(=O)n(Cc1ccc(F)cc1)c1cc(Cl)ccc21. The zero-order chi connectivity index (χ0) is 24.0. The number of aromatic hydroxyl groups is 1. The highest BCUT2D eigenvalue weighted by atomic mass is 35.5. The zero-order valence-electron chi connectivity index (χ0n) is 17.2. The minimum atomic E-state index is -0.869. The summed E-state index contributed by atoms with van der Waals surface area (Å²) in [5, 5.41) is 11.6. The summed E-state index contributed by atoms with van der Waals surface area (Å²) in [5.74, 6) is -1.49. The molecule has 0 bridgehead atoms. The first kappa shape index (κ1) is 22.2. The van der Waals surface area contributed by atoms with Crippen molar-refractivity contribution < 1.29 is 18.3 Å². The Bertz CT molecular complexity index is 1700. The van der Waals surface area contributed by atoms with E-state index >= 15 is 0 Å². The highest BCUT2D eigenvalue weighted by Gasteiger charge is 2.22. The van der Waals surface area contributed by atoms with E-state index < -0.39 is 28.6 Å². The van der Waals surface area contributed by atoms with Gasteiger partial charge in [0.15, 0.2) is 11.3 Å². The molecule has 34 heavy (non-hydrogen) atoms. The number of benzene rings is 3. The fourth-order valence-electron chi connectivity index (χ4n) is 3.73. The zero-order valence-corrected chi connectivity index (χ0v) is 18.8. The number of fused-ring (bicyclic) bond motifs is 3. The summed E-state index contributed by atoms with van der Waals surface area (Å²) in [5.41, 5.74) is -0.571. The minimum Gasteiger partial charge on any atom is -0.505 e. The highest BCUT2D eigenvalue weighted by molar-refractivity contribution is 7.99. The van der Waals surface area contributed by atoms with E-state index in [1.807, 2.05) is 0 Å². The lowest BCUT2D eigenvalue weighted by atomic mass is 10.1. The normalized spacial score (nSPS) is 11.4. The molecule has 5 nitrogen and oxygen atoms in total. The average molecular weight is 498 g/mol. The number of pyridine rings is 1. The summed E-state index contributed by atoms with van der Waals surface area (Å²) >= 11 is 6.96. The molecule has 0 fully saturated rings. The Kier molecular flexibility index (Phi) is 5.63. The fraction of sp³-hybridized carbons (Fsp3) is 0.0400. The van der Waals surface area contributed by atoms with Gasteiger partial charge in [-0.05, 0) is 54.1 Å². The molecule has 0 atom stereocenters. The summed E-state index contributed by atoms with van der Waals surface area (Å²) in [4.78, 5) is 26.4. The number of nitrogens with zero attached hydrogens (tertiary/aromatic N) is 1. The second kappa shape index (κ2) is 8.62. The quantitative estimate of drug-likeness (QED) is 0.311. The Labute approximate surface area is 199 Å². The standard InChI is InChI=1S/C25H14ClF2NO4S/c26-14-6-9-18-19(10-14)29(12-13-4-7-15(27)8-5-13)24(31)20-21(30)23(25(32)33-22(18)20)34-17-3-1-2-16(28)11-17/h1-11,30H,12H2. The van der Waals surface area contributed by atoms with Crippen LogP contribution in [0.4, 0.5) is 8.78 Å². The van der Waals surface area contributed by atoms with Crippen molar-refractivity contribution >= 4 is 45.2 Å². The molecule has 0 aliphatic rings. The van der Waals surface area contributed by atoms with Crippen LogP contribution in [0.5, 0.6) is 5.75 Å². The molecular weight excluding hydrogens is 484 g/mol. The summed E-state index contributed by atoms with van der Waals surface area (Å²) in [6.45, 7) is 0.0524. The molecular formula is C25H14ClF2NO4S. The lowest BCUT2D eigenvalue weighted by Gasteiger charge is -2.14. The van der Waals surface area contributed by atoms with Gasteiger partial charge in [-0.1, -0.05) is 41.6 Å². The van der Waals surface area contributed by atoms with Crippen LogP contribution in [-0.2, 0) is 6.54 Å². The second-order valence-corrected chi connectivity index (χ2v) is 9.03. The molecule has 9 heteroatoms. The van der Waals surface area contributed by atoms with Gasteiger partial charge in [0.25, 0.3) is 5.56 Å². The molecule has 0 unspecified atom stereocenters. The predicted octanol–water partition coefficient (Wildman–Crippen LogP) is 5.94. The fourth-order valence-corrected chi connectivity index (χ4v) is 4.77. The first-order valence-corrected chi connectivity index (χ1v) is 11.2. The largest absolute Gasteiger partial charge is 0.505 e. The molecule has 5 rings (SSSR count). The third-order valence-electron chi connectivity index (χ3n) is 5.28. The van der Waals surface area contributed by atoms with E-state index in [-0.39, 0.29) is 22.4 Å². The van der Waals surface area contributed by atoms with Gasteiger partial charge in [0.2, 0.25) is 0 Å². The van der Waals surface area contributed by atoms with Crippen molar-refractivity contribution in [2.75, 3.05) is 0 Å². The number of rotatable bonds is 4. The Morgan fingerprint density at radius 3 is 2.47 bits per heavy atom. The van der Waals surface area contributed by atoms with Gasteiger partial charge in [0.05, 0.1) is 12.1 Å². The summed E-state index contributed by atoms with van der Waals surface area (Å²) < 4.78 is 33.8. The summed E-state index contributed by atoms with van der Waals surface area (Å²) in [6, 6.07) is 15.8. The van der Waals surface area contributed by atoms with Crippen molar-refractivity contribution in [2.24, 2.45) is 0 Å². The predicted molar refractivity (Wildman–Crippen MR) is 127 cm³/mol. The molecule has 0 amide bonds. The van der Waals surface area contributed by atoms with Gasteiger partial charge in [-0.25, -0.2) is 13.6 Å². The lowest BCUT2D eigenvalue weighted by molar-refractivity contribution is 0.446. The van der Waals surface area contributed by atoms with Crippen molar-refractivity contribution in [1.29, 1.82) is 0 Å². The van der Waals surface area contributed by atoms with Crippen molar-refractivity contribution in [2.45, 2.75) is 16.3 Å². The van der Waals surface area contributed by atoms with E-state index in [2.05, 4.69) is 0 Å². The number of hydrogen-bond donors (Lipinski definition) is 1. The molecule has 0 aliphatic carbocycles. The molecule has 0 spiro atoms. The number of hydrogen-bond acceptors (Lipinski definition) is 5. The molecule has 0 saturated heterocycles. The van der Waals surface area contributed by atoms with Gasteiger partial charge < -0.3 is 14.1 Å². The van der Waals surface area contributed by atoms with Crippen LogP contribution in [0.25, 0.3) is 21.9 Å². The Morgan fingerprint density at radius 1 is 0.971 bits per heavy atom.